The lowest BCUT2D eigenvalue weighted by Crippen LogP contribution is -2.11. The Morgan fingerprint density at radius 3 is 2.22 bits per heavy atom. The predicted molar refractivity (Wildman–Crippen MR) is 122 cm³/mol. The summed E-state index contributed by atoms with van der Waals surface area (Å²) in [6, 6.07) is 15.0. The predicted octanol–water partition coefficient (Wildman–Crippen LogP) is 7.60. The molecule has 1 nitrogen and oxygen atoms in total. The first-order valence-electron chi connectivity index (χ1n) is 9.97. The van der Waals surface area contributed by atoms with E-state index in [2.05, 4.69) is 37.3 Å². The molecular formula is C24H33ClOS. The van der Waals surface area contributed by atoms with Crippen molar-refractivity contribution in [3.63, 3.8) is 0 Å². The minimum atomic E-state index is 0.702. The molecule has 2 aromatic rings. The fraction of sp³-hybridized carbons (Fsp3) is 0.500. The van der Waals surface area contributed by atoms with Crippen LogP contribution in [0, 0.1) is 5.92 Å². The molecule has 1 aliphatic rings. The second-order valence-corrected chi connectivity index (χ2v) is 8.69. The summed E-state index contributed by atoms with van der Waals surface area (Å²) in [6.45, 7) is 5.08. The number of halogens is 1. The minimum Gasteiger partial charge on any atom is -0.494 e. The third-order valence-electron chi connectivity index (χ3n) is 5.19. The molecule has 1 fully saturated rings. The maximum atomic E-state index is 6.46. The van der Waals surface area contributed by atoms with E-state index in [1.165, 1.54) is 42.4 Å². The van der Waals surface area contributed by atoms with Crippen molar-refractivity contribution in [1.82, 2.24) is 0 Å². The fourth-order valence-corrected chi connectivity index (χ4v) is 3.85. The van der Waals surface area contributed by atoms with Crippen LogP contribution in [0.15, 0.2) is 42.5 Å². The number of thioether (sulfide) groups is 1. The summed E-state index contributed by atoms with van der Waals surface area (Å²) >= 11 is 8.21. The first-order valence-corrected chi connectivity index (χ1v) is 12.0. The summed E-state index contributed by atoms with van der Waals surface area (Å²) in [4.78, 5) is 0. The average molecular weight is 405 g/mol. The van der Waals surface area contributed by atoms with E-state index < -0.39 is 0 Å². The second-order valence-electron chi connectivity index (χ2n) is 7.47. The molecule has 1 aliphatic carbocycles. The van der Waals surface area contributed by atoms with Gasteiger partial charge in [-0.15, -0.1) is 0 Å². The lowest BCUT2D eigenvalue weighted by Gasteiger charge is -2.27. The summed E-state index contributed by atoms with van der Waals surface area (Å²) in [5.74, 6) is 2.52. The molecule has 3 rings (SSSR count). The van der Waals surface area contributed by atoms with Crippen molar-refractivity contribution in [2.45, 2.75) is 51.9 Å². The highest BCUT2D eigenvalue weighted by Gasteiger charge is 2.20. The molecule has 0 spiro atoms. The molecule has 0 bridgehead atoms. The summed E-state index contributed by atoms with van der Waals surface area (Å²) in [5.41, 5.74) is 3.97. The van der Waals surface area contributed by atoms with Gasteiger partial charge in [0.25, 0.3) is 0 Å². The molecule has 0 radical (unpaired) electrons. The van der Waals surface area contributed by atoms with Crippen LogP contribution in [0.25, 0.3) is 0 Å². The summed E-state index contributed by atoms with van der Waals surface area (Å²) in [6.07, 6.45) is 10.3. The molecule has 0 aliphatic heterocycles. The van der Waals surface area contributed by atoms with Crippen LogP contribution in [0.2, 0.25) is 5.02 Å². The SMILES string of the molecule is CCOc1ccc(Cc2cc(C3CCC(C)CC3)ccc2Cl)cc1.CSC. The number of rotatable bonds is 5. The Kier molecular flexibility index (Phi) is 9.58. The normalized spacial score (nSPS) is 19.1. The van der Waals surface area contributed by atoms with Crippen LogP contribution >= 0.6 is 23.4 Å². The number of benzene rings is 2. The molecule has 2 aromatic carbocycles. The molecule has 27 heavy (non-hydrogen) atoms. The van der Waals surface area contributed by atoms with Gasteiger partial charge < -0.3 is 4.74 Å². The first kappa shape index (κ1) is 22.2. The Labute approximate surface area is 174 Å². The van der Waals surface area contributed by atoms with E-state index in [1.807, 2.05) is 31.6 Å². The number of ether oxygens (including phenoxy) is 1. The van der Waals surface area contributed by atoms with Crippen molar-refractivity contribution in [3.8, 4) is 5.75 Å². The van der Waals surface area contributed by atoms with Crippen molar-refractivity contribution in [1.29, 1.82) is 0 Å². The summed E-state index contributed by atoms with van der Waals surface area (Å²) < 4.78 is 5.52. The quantitative estimate of drug-likeness (QED) is 0.507. The fourth-order valence-electron chi connectivity index (χ4n) is 3.67. The largest absolute Gasteiger partial charge is 0.494 e. The molecule has 0 atom stereocenters. The Bertz CT molecular complexity index is 675. The number of hydrogen-bond donors (Lipinski definition) is 0. The zero-order valence-corrected chi connectivity index (χ0v) is 18.7. The zero-order chi connectivity index (χ0) is 19.6. The van der Waals surface area contributed by atoms with E-state index in [0.29, 0.717) is 12.5 Å². The Balaban J connectivity index is 0.000000817. The Morgan fingerprint density at radius 2 is 1.63 bits per heavy atom. The van der Waals surface area contributed by atoms with Crippen LogP contribution in [0.4, 0.5) is 0 Å². The Morgan fingerprint density at radius 1 is 1.00 bits per heavy atom. The van der Waals surface area contributed by atoms with E-state index >= 15 is 0 Å². The highest BCUT2D eigenvalue weighted by molar-refractivity contribution is 7.97. The van der Waals surface area contributed by atoms with E-state index in [4.69, 9.17) is 16.3 Å². The van der Waals surface area contributed by atoms with Crippen molar-refractivity contribution < 1.29 is 4.74 Å². The summed E-state index contributed by atoms with van der Waals surface area (Å²) in [7, 11) is 0. The van der Waals surface area contributed by atoms with Crippen LogP contribution in [0.3, 0.4) is 0 Å². The maximum Gasteiger partial charge on any atom is 0.119 e. The highest BCUT2D eigenvalue weighted by Crippen LogP contribution is 2.37. The van der Waals surface area contributed by atoms with Gasteiger partial charge in [0.15, 0.2) is 0 Å². The molecule has 0 saturated heterocycles. The molecule has 0 N–H and O–H groups in total. The molecule has 3 heteroatoms. The van der Waals surface area contributed by atoms with Crippen molar-refractivity contribution >= 4 is 23.4 Å². The Hall–Kier alpha value is -1.12. The van der Waals surface area contributed by atoms with Crippen molar-refractivity contribution in [2.75, 3.05) is 19.1 Å². The van der Waals surface area contributed by atoms with Crippen molar-refractivity contribution in [2.24, 2.45) is 5.92 Å². The van der Waals surface area contributed by atoms with Gasteiger partial charge >= 0.3 is 0 Å². The van der Waals surface area contributed by atoms with Gasteiger partial charge in [-0.05, 0) is 85.4 Å². The van der Waals surface area contributed by atoms with Gasteiger partial charge in [0.2, 0.25) is 0 Å². The van der Waals surface area contributed by atoms with E-state index in [-0.39, 0.29) is 0 Å². The van der Waals surface area contributed by atoms with Gasteiger partial charge in [-0.1, -0.05) is 55.6 Å². The van der Waals surface area contributed by atoms with E-state index in [9.17, 15) is 0 Å². The van der Waals surface area contributed by atoms with Crippen molar-refractivity contribution in [3.05, 3.63) is 64.2 Å². The molecule has 1 saturated carbocycles. The highest BCUT2D eigenvalue weighted by atomic mass is 35.5. The smallest absolute Gasteiger partial charge is 0.119 e. The molecule has 148 valence electrons. The van der Waals surface area contributed by atoms with Crippen LogP contribution in [-0.2, 0) is 6.42 Å². The zero-order valence-electron chi connectivity index (χ0n) is 17.1. The van der Waals surface area contributed by atoms with Crippen LogP contribution in [0.1, 0.15) is 62.1 Å². The third kappa shape index (κ3) is 7.08. The third-order valence-corrected chi connectivity index (χ3v) is 5.55. The van der Waals surface area contributed by atoms with Gasteiger partial charge in [0, 0.05) is 5.02 Å². The lowest BCUT2D eigenvalue weighted by molar-refractivity contribution is 0.340. The van der Waals surface area contributed by atoms with Crippen LogP contribution < -0.4 is 4.74 Å². The molecule has 0 aromatic heterocycles. The van der Waals surface area contributed by atoms with Gasteiger partial charge in [0.1, 0.15) is 5.75 Å². The average Bonchev–Trinajstić information content (AvgIpc) is 2.67. The van der Waals surface area contributed by atoms with Crippen LogP contribution in [0.5, 0.6) is 5.75 Å². The van der Waals surface area contributed by atoms with E-state index in [0.717, 1.165) is 23.1 Å². The monoisotopic (exact) mass is 404 g/mol. The summed E-state index contributed by atoms with van der Waals surface area (Å²) in [5, 5.41) is 0.872. The van der Waals surface area contributed by atoms with Gasteiger partial charge in [-0.25, -0.2) is 0 Å². The van der Waals surface area contributed by atoms with E-state index in [1.54, 1.807) is 11.8 Å². The minimum absolute atomic E-state index is 0.702. The molecular weight excluding hydrogens is 372 g/mol. The van der Waals surface area contributed by atoms with Crippen LogP contribution in [-0.4, -0.2) is 19.1 Å². The number of hydrogen-bond acceptors (Lipinski definition) is 2. The molecule has 0 amide bonds. The topological polar surface area (TPSA) is 9.23 Å². The van der Waals surface area contributed by atoms with Gasteiger partial charge in [-0.2, -0.15) is 11.8 Å². The molecule has 0 unspecified atom stereocenters. The molecule has 0 heterocycles. The standard InChI is InChI=1S/C22H27ClO.C2H6S/c1-3-24-21-11-6-17(7-12-21)14-20-15-19(10-13-22(20)23)18-8-4-16(2)5-9-18;1-3-2/h6-7,10-13,15-16,18H,3-5,8-9,14H2,1-2H3;1-2H3. The first-order chi connectivity index (χ1) is 13.1. The van der Waals surface area contributed by atoms with Gasteiger partial charge in [-0.3, -0.25) is 0 Å². The van der Waals surface area contributed by atoms with Gasteiger partial charge in [0.05, 0.1) is 6.61 Å². The second kappa shape index (κ2) is 11.7. The lowest BCUT2D eigenvalue weighted by atomic mass is 9.79. The maximum absolute atomic E-state index is 6.46.